The Bertz CT molecular complexity index is 379. The van der Waals surface area contributed by atoms with Crippen LogP contribution in [0.25, 0.3) is 0 Å². The lowest BCUT2D eigenvalue weighted by Gasteiger charge is -2.11. The summed E-state index contributed by atoms with van der Waals surface area (Å²) in [5, 5.41) is 4.59. The van der Waals surface area contributed by atoms with E-state index in [0.29, 0.717) is 23.0 Å². The van der Waals surface area contributed by atoms with Crippen molar-refractivity contribution >= 4 is 29.1 Å². The molecule has 0 aliphatic rings. The van der Waals surface area contributed by atoms with Crippen molar-refractivity contribution in [2.45, 2.75) is 13.5 Å². The highest BCUT2D eigenvalue weighted by atomic mass is 35.5. The number of nitrogens with zero attached hydrogens (tertiary/aromatic N) is 3. The van der Waals surface area contributed by atoms with Gasteiger partial charge in [-0.15, -0.1) is 0 Å². The van der Waals surface area contributed by atoms with Crippen molar-refractivity contribution in [2.75, 3.05) is 32.1 Å². The van der Waals surface area contributed by atoms with Crippen molar-refractivity contribution in [3.63, 3.8) is 0 Å². The maximum Gasteiger partial charge on any atom is 0.192 e. The fourth-order valence-corrected chi connectivity index (χ4v) is 2.14. The molecule has 0 aliphatic heterocycles. The predicted molar refractivity (Wildman–Crippen MR) is 73.1 cm³/mol. The van der Waals surface area contributed by atoms with E-state index in [2.05, 4.69) is 5.10 Å². The van der Waals surface area contributed by atoms with Crippen LogP contribution >= 0.6 is 23.4 Å². The van der Waals surface area contributed by atoms with E-state index in [1.807, 2.05) is 25.9 Å². The van der Waals surface area contributed by atoms with Crippen molar-refractivity contribution < 1.29 is 4.79 Å². The average molecular weight is 276 g/mol. The minimum Gasteiger partial charge on any atom is -0.308 e. The van der Waals surface area contributed by atoms with Crippen LogP contribution < -0.4 is 0 Å². The van der Waals surface area contributed by atoms with Gasteiger partial charge in [0.1, 0.15) is 5.69 Å². The lowest BCUT2D eigenvalue weighted by atomic mass is 10.3. The Morgan fingerprint density at radius 2 is 2.29 bits per heavy atom. The normalized spacial score (nSPS) is 11.1. The summed E-state index contributed by atoms with van der Waals surface area (Å²) in [4.78, 5) is 14.0. The summed E-state index contributed by atoms with van der Waals surface area (Å²) in [6.45, 7) is 3.54. The number of likely N-dealkylation sites (N-methyl/N-ethyl adjacent to an activating group) is 1. The summed E-state index contributed by atoms with van der Waals surface area (Å²) in [6.07, 6.45) is 1.54. The van der Waals surface area contributed by atoms with Gasteiger partial charge in [0.15, 0.2) is 5.78 Å². The van der Waals surface area contributed by atoms with Crippen LogP contribution in [-0.2, 0) is 6.54 Å². The minimum atomic E-state index is 0.0538. The number of hydrogen-bond donors (Lipinski definition) is 0. The summed E-state index contributed by atoms with van der Waals surface area (Å²) in [7, 11) is 3.97. The van der Waals surface area contributed by atoms with Crippen LogP contribution in [0, 0.1) is 0 Å². The minimum absolute atomic E-state index is 0.0538. The molecule has 0 unspecified atom stereocenters. The number of ketones is 1. The molecule has 1 rings (SSSR count). The highest BCUT2D eigenvalue weighted by Crippen LogP contribution is 2.17. The van der Waals surface area contributed by atoms with Crippen molar-refractivity contribution in [3.05, 3.63) is 16.9 Å². The van der Waals surface area contributed by atoms with Crippen molar-refractivity contribution in [1.29, 1.82) is 0 Å². The molecule has 0 fully saturated rings. The topological polar surface area (TPSA) is 38.1 Å². The number of thioether (sulfide) groups is 1. The molecule has 0 bridgehead atoms. The summed E-state index contributed by atoms with van der Waals surface area (Å²) >= 11 is 7.60. The van der Waals surface area contributed by atoms with Crippen LogP contribution in [0.2, 0.25) is 5.02 Å². The Hall–Kier alpha value is -0.520. The number of carbonyl (C=O) groups excluding carboxylic acids is 1. The molecule has 0 spiro atoms. The number of carbonyl (C=O) groups is 1. The molecule has 0 amide bonds. The van der Waals surface area contributed by atoms with Crippen LogP contribution in [0.15, 0.2) is 6.20 Å². The smallest absolute Gasteiger partial charge is 0.192 e. The Balaban J connectivity index is 2.75. The molecule has 1 aromatic heterocycles. The number of hydrogen-bond acceptors (Lipinski definition) is 4. The third-order valence-corrected chi connectivity index (χ3v) is 3.41. The molecule has 0 saturated heterocycles. The Labute approximate surface area is 111 Å². The van der Waals surface area contributed by atoms with Gasteiger partial charge < -0.3 is 4.90 Å². The molecule has 17 heavy (non-hydrogen) atoms. The number of rotatable bonds is 7. The van der Waals surface area contributed by atoms with Crippen LogP contribution in [0.1, 0.15) is 17.4 Å². The zero-order valence-electron chi connectivity index (χ0n) is 10.4. The molecule has 0 N–H and O–H groups in total. The van der Waals surface area contributed by atoms with E-state index in [1.165, 1.54) is 0 Å². The summed E-state index contributed by atoms with van der Waals surface area (Å²) in [5.41, 5.74) is 0.537. The average Bonchev–Trinajstić information content (AvgIpc) is 2.64. The molecule has 0 aromatic carbocycles. The Kier molecular flexibility index (Phi) is 6.02. The summed E-state index contributed by atoms with van der Waals surface area (Å²) in [6, 6.07) is 0. The highest BCUT2D eigenvalue weighted by molar-refractivity contribution is 7.99. The van der Waals surface area contributed by atoms with E-state index >= 15 is 0 Å². The van der Waals surface area contributed by atoms with Crippen LogP contribution in [0.5, 0.6) is 0 Å². The second-order valence-corrected chi connectivity index (χ2v) is 5.61. The second-order valence-electron chi connectivity index (χ2n) is 3.93. The standard InChI is InChI=1S/C11H18ClN3OS/c1-4-17-8-10(16)11-9(12)7-13-15(11)6-5-14(2)3/h7H,4-6,8H2,1-3H3. The van der Waals surface area contributed by atoms with E-state index in [-0.39, 0.29) is 5.78 Å². The lowest BCUT2D eigenvalue weighted by molar-refractivity contribution is 0.101. The quantitative estimate of drug-likeness (QED) is 0.714. The van der Waals surface area contributed by atoms with E-state index in [9.17, 15) is 4.79 Å². The van der Waals surface area contributed by atoms with E-state index in [1.54, 1.807) is 22.6 Å². The zero-order valence-corrected chi connectivity index (χ0v) is 12.0. The maximum atomic E-state index is 12.0. The maximum absolute atomic E-state index is 12.0. The molecule has 96 valence electrons. The van der Waals surface area contributed by atoms with E-state index in [0.717, 1.165) is 12.3 Å². The second kappa shape index (κ2) is 7.03. The lowest BCUT2D eigenvalue weighted by Crippen LogP contribution is -2.22. The molecular formula is C11H18ClN3OS. The third-order valence-electron chi connectivity index (χ3n) is 2.26. The predicted octanol–water partition coefficient (Wildman–Crippen LogP) is 2.03. The van der Waals surface area contributed by atoms with Gasteiger partial charge >= 0.3 is 0 Å². The molecule has 6 heteroatoms. The number of halogens is 1. The van der Waals surface area contributed by atoms with Crippen LogP contribution in [-0.4, -0.2) is 52.6 Å². The molecule has 0 radical (unpaired) electrons. The first kappa shape index (κ1) is 14.5. The molecular weight excluding hydrogens is 258 g/mol. The molecule has 1 heterocycles. The SMILES string of the molecule is CCSCC(=O)c1c(Cl)cnn1CCN(C)C. The van der Waals surface area contributed by atoms with Gasteiger partial charge in [-0.25, -0.2) is 0 Å². The first-order chi connectivity index (χ1) is 8.06. The highest BCUT2D eigenvalue weighted by Gasteiger charge is 2.16. The van der Waals surface area contributed by atoms with Gasteiger partial charge in [-0.3, -0.25) is 9.48 Å². The molecule has 0 saturated carbocycles. The molecule has 4 nitrogen and oxygen atoms in total. The fourth-order valence-electron chi connectivity index (χ4n) is 1.37. The first-order valence-corrected chi connectivity index (χ1v) is 7.06. The van der Waals surface area contributed by atoms with Gasteiger partial charge in [0.25, 0.3) is 0 Å². The van der Waals surface area contributed by atoms with Gasteiger partial charge in [-0.1, -0.05) is 18.5 Å². The van der Waals surface area contributed by atoms with E-state index < -0.39 is 0 Å². The van der Waals surface area contributed by atoms with E-state index in [4.69, 9.17) is 11.6 Å². The Morgan fingerprint density at radius 1 is 1.59 bits per heavy atom. The van der Waals surface area contributed by atoms with Gasteiger partial charge in [-0.05, 0) is 19.8 Å². The van der Waals surface area contributed by atoms with Gasteiger partial charge in [-0.2, -0.15) is 16.9 Å². The van der Waals surface area contributed by atoms with Crippen molar-refractivity contribution in [1.82, 2.24) is 14.7 Å². The summed E-state index contributed by atoms with van der Waals surface area (Å²) < 4.78 is 1.70. The monoisotopic (exact) mass is 275 g/mol. The number of Topliss-reactive ketones (excluding diaryl/α,β-unsaturated/α-hetero) is 1. The molecule has 0 atom stereocenters. The van der Waals surface area contributed by atoms with Crippen LogP contribution in [0.3, 0.4) is 0 Å². The number of aromatic nitrogens is 2. The third kappa shape index (κ3) is 4.33. The fraction of sp³-hybridized carbons (Fsp3) is 0.636. The molecule has 0 aliphatic carbocycles. The largest absolute Gasteiger partial charge is 0.308 e. The van der Waals surface area contributed by atoms with Gasteiger partial charge in [0, 0.05) is 6.54 Å². The van der Waals surface area contributed by atoms with Gasteiger partial charge in [0.2, 0.25) is 0 Å². The summed E-state index contributed by atoms with van der Waals surface area (Å²) in [5.74, 6) is 1.44. The van der Waals surface area contributed by atoms with Gasteiger partial charge in [0.05, 0.1) is 23.5 Å². The molecule has 1 aromatic rings. The Morgan fingerprint density at radius 3 is 2.88 bits per heavy atom. The van der Waals surface area contributed by atoms with Crippen molar-refractivity contribution in [2.24, 2.45) is 0 Å². The van der Waals surface area contributed by atoms with Crippen molar-refractivity contribution in [3.8, 4) is 0 Å². The first-order valence-electron chi connectivity index (χ1n) is 5.53. The zero-order chi connectivity index (χ0) is 12.8. The van der Waals surface area contributed by atoms with Crippen LogP contribution in [0.4, 0.5) is 0 Å².